The maximum atomic E-state index is 9.79. The number of benzene rings is 2. The summed E-state index contributed by atoms with van der Waals surface area (Å²) in [7, 11) is 0. The Hall–Kier alpha value is -2.56. The molecule has 3 N–H and O–H groups in total. The van der Waals surface area contributed by atoms with Crippen LogP contribution in [0.2, 0.25) is 0 Å². The molecule has 4 nitrogen and oxygen atoms in total. The van der Waals surface area contributed by atoms with Gasteiger partial charge in [0.25, 0.3) is 0 Å². The SMILES string of the molecule is NC1C(CCc2ccccc2)=CC=CC1(CCO)c1ccc2c(c1)OCO2. The molecule has 0 bridgehead atoms. The Bertz CT molecular complexity index is 859. The van der Waals surface area contributed by atoms with Gasteiger partial charge in [0.05, 0.1) is 0 Å². The van der Waals surface area contributed by atoms with Gasteiger partial charge in [-0.2, -0.15) is 0 Å². The van der Waals surface area contributed by atoms with Crippen LogP contribution in [0.15, 0.2) is 72.3 Å². The van der Waals surface area contributed by atoms with Crippen LogP contribution < -0.4 is 15.2 Å². The van der Waals surface area contributed by atoms with Gasteiger partial charge in [-0.25, -0.2) is 0 Å². The first-order valence-electron chi connectivity index (χ1n) is 9.42. The molecule has 0 radical (unpaired) electrons. The Morgan fingerprint density at radius 1 is 1.04 bits per heavy atom. The minimum atomic E-state index is -0.448. The number of rotatable bonds is 6. The predicted octanol–water partition coefficient (Wildman–Crippen LogP) is 3.49. The highest BCUT2D eigenvalue weighted by molar-refractivity contribution is 5.51. The van der Waals surface area contributed by atoms with Crippen molar-refractivity contribution in [2.45, 2.75) is 30.7 Å². The van der Waals surface area contributed by atoms with E-state index in [-0.39, 0.29) is 19.4 Å². The third-order valence-electron chi connectivity index (χ3n) is 5.64. The highest BCUT2D eigenvalue weighted by Crippen LogP contribution is 2.43. The molecule has 0 spiro atoms. The first-order chi connectivity index (χ1) is 13.2. The van der Waals surface area contributed by atoms with Gasteiger partial charge in [0.1, 0.15) is 0 Å². The van der Waals surface area contributed by atoms with Crippen molar-refractivity contribution in [1.82, 2.24) is 0 Å². The molecule has 4 heteroatoms. The summed E-state index contributed by atoms with van der Waals surface area (Å²) >= 11 is 0. The minimum Gasteiger partial charge on any atom is -0.454 e. The number of fused-ring (bicyclic) bond motifs is 1. The van der Waals surface area contributed by atoms with Gasteiger partial charge in [-0.1, -0.05) is 60.2 Å². The number of hydrogen-bond donors (Lipinski definition) is 2. The van der Waals surface area contributed by atoms with Crippen molar-refractivity contribution in [2.75, 3.05) is 13.4 Å². The molecule has 27 heavy (non-hydrogen) atoms. The van der Waals surface area contributed by atoms with Gasteiger partial charge in [-0.3, -0.25) is 0 Å². The van der Waals surface area contributed by atoms with Crippen LogP contribution in [0.4, 0.5) is 0 Å². The van der Waals surface area contributed by atoms with E-state index in [1.54, 1.807) is 0 Å². The van der Waals surface area contributed by atoms with E-state index < -0.39 is 5.41 Å². The molecule has 0 amide bonds. The third-order valence-corrected chi connectivity index (χ3v) is 5.64. The summed E-state index contributed by atoms with van der Waals surface area (Å²) in [5.41, 5.74) is 9.89. The zero-order chi connectivity index (χ0) is 18.7. The highest BCUT2D eigenvalue weighted by Gasteiger charge is 2.39. The number of aliphatic hydroxyl groups is 1. The van der Waals surface area contributed by atoms with Gasteiger partial charge in [0, 0.05) is 18.1 Å². The van der Waals surface area contributed by atoms with Gasteiger partial charge in [0.15, 0.2) is 11.5 Å². The Kier molecular flexibility index (Phi) is 5.01. The van der Waals surface area contributed by atoms with E-state index in [4.69, 9.17) is 15.2 Å². The molecule has 4 rings (SSSR count). The minimum absolute atomic E-state index is 0.0679. The van der Waals surface area contributed by atoms with Gasteiger partial charge < -0.3 is 20.3 Å². The van der Waals surface area contributed by atoms with Crippen LogP contribution in [-0.4, -0.2) is 24.5 Å². The number of aryl methyl sites for hydroxylation is 1. The van der Waals surface area contributed by atoms with Crippen molar-refractivity contribution in [3.05, 3.63) is 83.5 Å². The summed E-state index contributed by atoms with van der Waals surface area (Å²) in [6.45, 7) is 0.314. The Morgan fingerprint density at radius 3 is 2.67 bits per heavy atom. The Labute approximate surface area is 159 Å². The summed E-state index contributed by atoms with van der Waals surface area (Å²) in [6, 6.07) is 16.2. The van der Waals surface area contributed by atoms with E-state index in [0.29, 0.717) is 6.42 Å². The summed E-state index contributed by atoms with van der Waals surface area (Å²) < 4.78 is 11.0. The number of allylic oxidation sites excluding steroid dienone is 2. The van der Waals surface area contributed by atoms with Crippen LogP contribution in [0.5, 0.6) is 11.5 Å². The largest absolute Gasteiger partial charge is 0.454 e. The molecule has 0 saturated heterocycles. The molecule has 0 fully saturated rings. The van der Waals surface area contributed by atoms with E-state index in [0.717, 1.165) is 29.9 Å². The lowest BCUT2D eigenvalue weighted by molar-refractivity contribution is 0.174. The number of ether oxygens (including phenoxy) is 2. The third kappa shape index (κ3) is 3.38. The molecule has 2 aromatic carbocycles. The zero-order valence-electron chi connectivity index (χ0n) is 15.3. The molecule has 1 heterocycles. The maximum absolute atomic E-state index is 9.79. The topological polar surface area (TPSA) is 64.7 Å². The zero-order valence-corrected chi connectivity index (χ0v) is 15.3. The Morgan fingerprint density at radius 2 is 1.85 bits per heavy atom. The van der Waals surface area contributed by atoms with Gasteiger partial charge in [-0.05, 0) is 42.5 Å². The fourth-order valence-electron chi connectivity index (χ4n) is 4.08. The fourth-order valence-corrected chi connectivity index (χ4v) is 4.08. The molecule has 1 aliphatic heterocycles. The molecule has 2 aliphatic rings. The fraction of sp³-hybridized carbons (Fsp3) is 0.304. The summed E-state index contributed by atoms with van der Waals surface area (Å²) in [6.07, 6.45) is 8.72. The lowest BCUT2D eigenvalue weighted by atomic mass is 9.67. The van der Waals surface area contributed by atoms with E-state index in [1.165, 1.54) is 11.1 Å². The second-order valence-corrected chi connectivity index (χ2v) is 7.15. The Balaban J connectivity index is 1.61. The van der Waals surface area contributed by atoms with Crippen LogP contribution >= 0.6 is 0 Å². The monoisotopic (exact) mass is 363 g/mol. The molecule has 1 aliphatic carbocycles. The van der Waals surface area contributed by atoms with Crippen molar-refractivity contribution >= 4 is 0 Å². The molecule has 2 unspecified atom stereocenters. The first kappa shape index (κ1) is 17.8. The van der Waals surface area contributed by atoms with Crippen molar-refractivity contribution < 1.29 is 14.6 Å². The molecule has 2 atom stereocenters. The van der Waals surface area contributed by atoms with Crippen LogP contribution in [0.3, 0.4) is 0 Å². The van der Waals surface area contributed by atoms with Crippen molar-refractivity contribution in [3.8, 4) is 11.5 Å². The average Bonchev–Trinajstić information content (AvgIpc) is 3.17. The van der Waals surface area contributed by atoms with E-state index >= 15 is 0 Å². The lowest BCUT2D eigenvalue weighted by Crippen LogP contribution is -2.47. The van der Waals surface area contributed by atoms with Gasteiger partial charge >= 0.3 is 0 Å². The summed E-state index contributed by atoms with van der Waals surface area (Å²) in [5.74, 6) is 1.50. The molecule has 0 saturated carbocycles. The van der Waals surface area contributed by atoms with Crippen molar-refractivity contribution in [2.24, 2.45) is 5.73 Å². The van der Waals surface area contributed by atoms with Crippen LogP contribution in [0.1, 0.15) is 24.0 Å². The second kappa shape index (κ2) is 7.59. The smallest absolute Gasteiger partial charge is 0.231 e. The lowest BCUT2D eigenvalue weighted by Gasteiger charge is -2.40. The number of aliphatic hydroxyl groups excluding tert-OH is 1. The highest BCUT2D eigenvalue weighted by atomic mass is 16.7. The quantitative estimate of drug-likeness (QED) is 0.825. The first-order valence-corrected chi connectivity index (χ1v) is 9.42. The molecular weight excluding hydrogens is 338 g/mol. The summed E-state index contributed by atoms with van der Waals surface area (Å²) in [5, 5.41) is 9.79. The molecule has 2 aromatic rings. The standard InChI is InChI=1S/C23H25NO3/c24-22-18(9-8-17-5-2-1-3-6-17)7-4-12-23(22,13-14-25)19-10-11-20-21(15-19)27-16-26-20/h1-7,10-12,15,22,25H,8-9,13-14,16,24H2. The average molecular weight is 363 g/mol. The number of hydrogen-bond acceptors (Lipinski definition) is 4. The van der Waals surface area contributed by atoms with E-state index in [2.05, 4.69) is 42.5 Å². The maximum Gasteiger partial charge on any atom is 0.231 e. The molecular formula is C23H25NO3. The van der Waals surface area contributed by atoms with E-state index in [1.807, 2.05) is 24.3 Å². The molecule has 0 aromatic heterocycles. The van der Waals surface area contributed by atoms with Crippen molar-refractivity contribution in [1.29, 1.82) is 0 Å². The normalized spacial score (nSPS) is 23.3. The van der Waals surface area contributed by atoms with Crippen molar-refractivity contribution in [3.63, 3.8) is 0 Å². The number of nitrogens with two attached hydrogens (primary N) is 1. The second-order valence-electron chi connectivity index (χ2n) is 7.15. The van der Waals surface area contributed by atoms with Crippen LogP contribution in [0.25, 0.3) is 0 Å². The molecule has 140 valence electrons. The van der Waals surface area contributed by atoms with Crippen LogP contribution in [-0.2, 0) is 11.8 Å². The van der Waals surface area contributed by atoms with Gasteiger partial charge in [0.2, 0.25) is 6.79 Å². The van der Waals surface area contributed by atoms with Crippen LogP contribution in [0, 0.1) is 0 Å². The summed E-state index contributed by atoms with van der Waals surface area (Å²) in [4.78, 5) is 0. The van der Waals surface area contributed by atoms with Gasteiger partial charge in [-0.15, -0.1) is 0 Å². The predicted molar refractivity (Wildman–Crippen MR) is 106 cm³/mol. The van der Waals surface area contributed by atoms with E-state index in [9.17, 15) is 5.11 Å².